The molecular weight excluding hydrogens is 424 g/mol. The summed E-state index contributed by atoms with van der Waals surface area (Å²) in [4.78, 5) is 40.0. The smallest absolute Gasteiger partial charge is 0.331 e. The highest BCUT2D eigenvalue weighted by Gasteiger charge is 2.35. The summed E-state index contributed by atoms with van der Waals surface area (Å²) in [5.74, 6) is -0.0293. The fraction of sp³-hybridized carbons (Fsp3) is 0.250. The zero-order valence-electron chi connectivity index (χ0n) is 18.3. The number of benzene rings is 2. The Hall–Kier alpha value is -4.14. The summed E-state index contributed by atoms with van der Waals surface area (Å²) in [5, 5.41) is 16.7. The van der Waals surface area contributed by atoms with Gasteiger partial charge in [-0.05, 0) is 23.3 Å². The topological polar surface area (TPSA) is 117 Å². The maximum atomic E-state index is 12.7. The lowest BCUT2D eigenvalue weighted by Crippen LogP contribution is -2.34. The highest BCUT2D eigenvalue weighted by atomic mass is 16.5. The van der Waals surface area contributed by atoms with Crippen LogP contribution >= 0.6 is 0 Å². The van der Waals surface area contributed by atoms with E-state index in [1.807, 2.05) is 42.5 Å². The van der Waals surface area contributed by atoms with Gasteiger partial charge in [0.2, 0.25) is 11.8 Å². The number of aromatic hydroxyl groups is 1. The van der Waals surface area contributed by atoms with Gasteiger partial charge in [-0.2, -0.15) is 5.10 Å². The molecule has 3 aromatic rings. The number of hydrazone groups is 1. The van der Waals surface area contributed by atoms with Crippen LogP contribution in [-0.4, -0.2) is 38.4 Å². The van der Waals surface area contributed by atoms with E-state index >= 15 is 0 Å². The van der Waals surface area contributed by atoms with Gasteiger partial charge in [-0.15, -0.1) is 0 Å². The summed E-state index contributed by atoms with van der Waals surface area (Å²) in [6.45, 7) is 1.80. The predicted molar refractivity (Wildman–Crippen MR) is 123 cm³/mol. The molecule has 1 aromatic heterocycles. The van der Waals surface area contributed by atoms with Crippen LogP contribution in [0.3, 0.4) is 0 Å². The minimum Gasteiger partial charge on any atom is -0.497 e. The second kappa shape index (κ2) is 9.15. The van der Waals surface area contributed by atoms with Gasteiger partial charge in [-0.3, -0.25) is 19.1 Å². The number of aromatic nitrogens is 2. The van der Waals surface area contributed by atoms with Crippen molar-refractivity contribution in [2.45, 2.75) is 32.4 Å². The molecule has 0 saturated heterocycles. The summed E-state index contributed by atoms with van der Waals surface area (Å²) in [7, 11) is 1.57. The molecule has 2 N–H and O–H groups in total. The van der Waals surface area contributed by atoms with Crippen molar-refractivity contribution in [2.24, 2.45) is 5.10 Å². The van der Waals surface area contributed by atoms with Crippen molar-refractivity contribution in [1.29, 1.82) is 0 Å². The number of rotatable bonds is 6. The standard InChI is InChI=1S/C24H24N4O5/c1-3-20(29)28-19(16-9-11-17(33-2)12-10-16)13-18(26-28)21-22(30)25-24(32)27(23(21)31)14-15-7-5-4-6-8-15/h4-12,19,31H,3,13-14H2,1-2H3,(H,25,30,32). The quantitative estimate of drug-likeness (QED) is 0.601. The molecule has 0 spiro atoms. The van der Waals surface area contributed by atoms with E-state index in [1.165, 1.54) is 5.01 Å². The van der Waals surface area contributed by atoms with Crippen LogP contribution in [0.1, 0.15) is 42.5 Å². The molecule has 1 unspecified atom stereocenters. The second-order valence-corrected chi connectivity index (χ2v) is 7.66. The predicted octanol–water partition coefficient (Wildman–Crippen LogP) is 2.39. The zero-order chi connectivity index (χ0) is 23.5. The van der Waals surface area contributed by atoms with Gasteiger partial charge < -0.3 is 9.84 Å². The molecule has 0 aliphatic carbocycles. The highest BCUT2D eigenvalue weighted by Crippen LogP contribution is 2.34. The molecule has 0 saturated carbocycles. The van der Waals surface area contributed by atoms with Gasteiger partial charge >= 0.3 is 5.69 Å². The largest absolute Gasteiger partial charge is 0.497 e. The molecule has 2 heterocycles. The van der Waals surface area contributed by atoms with E-state index in [9.17, 15) is 19.5 Å². The van der Waals surface area contributed by atoms with Gasteiger partial charge in [0.05, 0.1) is 25.4 Å². The second-order valence-electron chi connectivity index (χ2n) is 7.66. The fourth-order valence-electron chi connectivity index (χ4n) is 3.87. The van der Waals surface area contributed by atoms with Gasteiger partial charge in [-0.1, -0.05) is 49.4 Å². The lowest BCUT2D eigenvalue weighted by atomic mass is 9.99. The summed E-state index contributed by atoms with van der Waals surface area (Å²) in [6.07, 6.45) is 0.428. The molecule has 2 aromatic carbocycles. The van der Waals surface area contributed by atoms with Gasteiger partial charge in [-0.25, -0.2) is 9.80 Å². The number of methoxy groups -OCH3 is 1. The normalized spacial score (nSPS) is 15.4. The Bertz CT molecular complexity index is 1310. The number of nitrogens with zero attached hydrogens (tertiary/aromatic N) is 3. The van der Waals surface area contributed by atoms with E-state index in [4.69, 9.17) is 4.74 Å². The van der Waals surface area contributed by atoms with Crippen molar-refractivity contribution in [3.63, 3.8) is 0 Å². The third-order valence-corrected chi connectivity index (χ3v) is 5.61. The van der Waals surface area contributed by atoms with Crippen molar-refractivity contribution in [3.8, 4) is 11.6 Å². The first kappa shape index (κ1) is 22.1. The van der Waals surface area contributed by atoms with Crippen molar-refractivity contribution in [2.75, 3.05) is 7.11 Å². The van der Waals surface area contributed by atoms with E-state index < -0.39 is 23.2 Å². The lowest BCUT2D eigenvalue weighted by Gasteiger charge is -2.21. The van der Waals surface area contributed by atoms with E-state index in [2.05, 4.69) is 10.1 Å². The average molecular weight is 448 g/mol. The highest BCUT2D eigenvalue weighted by molar-refractivity contribution is 6.04. The Labute approximate surface area is 189 Å². The summed E-state index contributed by atoms with van der Waals surface area (Å²) >= 11 is 0. The third kappa shape index (κ3) is 4.30. The molecule has 0 radical (unpaired) electrons. The molecule has 4 rings (SSSR count). The van der Waals surface area contributed by atoms with E-state index in [0.717, 1.165) is 15.7 Å². The molecule has 9 heteroatoms. The minimum atomic E-state index is -0.750. The number of hydrogen-bond acceptors (Lipinski definition) is 6. The summed E-state index contributed by atoms with van der Waals surface area (Å²) < 4.78 is 6.29. The third-order valence-electron chi connectivity index (χ3n) is 5.61. The number of carbonyl (C=O) groups is 1. The zero-order valence-corrected chi connectivity index (χ0v) is 18.3. The maximum Gasteiger partial charge on any atom is 0.331 e. The SMILES string of the molecule is CCC(=O)N1N=C(c2c(O)n(Cc3ccccc3)c(=O)[nH]c2=O)CC1c1ccc(OC)cc1. The molecule has 1 aliphatic rings. The maximum absolute atomic E-state index is 12.7. The molecular formula is C24H24N4O5. The van der Waals surface area contributed by atoms with Gasteiger partial charge in [0.15, 0.2) is 0 Å². The average Bonchev–Trinajstić information content (AvgIpc) is 3.26. The Balaban J connectivity index is 1.76. The van der Waals surface area contributed by atoms with Gasteiger partial charge in [0.1, 0.15) is 11.3 Å². The van der Waals surface area contributed by atoms with Crippen molar-refractivity contribution in [3.05, 3.63) is 92.1 Å². The number of carbonyl (C=O) groups excluding carboxylic acids is 1. The van der Waals surface area contributed by atoms with Gasteiger partial charge in [0.25, 0.3) is 5.56 Å². The number of nitrogens with one attached hydrogen (secondary N) is 1. The first-order chi connectivity index (χ1) is 15.9. The molecule has 1 aliphatic heterocycles. The fourth-order valence-corrected chi connectivity index (χ4v) is 3.87. The number of amides is 1. The number of aromatic amines is 1. The van der Waals surface area contributed by atoms with Crippen LogP contribution in [0.25, 0.3) is 0 Å². The Morgan fingerprint density at radius 2 is 1.85 bits per heavy atom. The molecule has 170 valence electrons. The van der Waals surface area contributed by atoms with Crippen molar-refractivity contribution in [1.82, 2.24) is 14.6 Å². The van der Waals surface area contributed by atoms with Crippen LogP contribution in [-0.2, 0) is 11.3 Å². The molecule has 1 atom stereocenters. The Morgan fingerprint density at radius 1 is 1.15 bits per heavy atom. The van der Waals surface area contributed by atoms with E-state index in [-0.39, 0.29) is 36.6 Å². The van der Waals surface area contributed by atoms with Crippen LogP contribution in [0, 0.1) is 0 Å². The summed E-state index contributed by atoms with van der Waals surface area (Å²) in [5.41, 5.74) is 0.232. The first-order valence-electron chi connectivity index (χ1n) is 10.6. The van der Waals surface area contributed by atoms with Crippen LogP contribution in [0.15, 0.2) is 69.3 Å². The monoisotopic (exact) mass is 448 g/mol. The first-order valence-corrected chi connectivity index (χ1v) is 10.6. The van der Waals surface area contributed by atoms with Crippen molar-refractivity contribution < 1.29 is 14.6 Å². The molecule has 9 nitrogen and oxygen atoms in total. The van der Waals surface area contributed by atoms with Crippen LogP contribution in [0.5, 0.6) is 11.6 Å². The van der Waals surface area contributed by atoms with Crippen molar-refractivity contribution >= 4 is 11.6 Å². The van der Waals surface area contributed by atoms with E-state index in [0.29, 0.717) is 5.75 Å². The number of hydrogen-bond donors (Lipinski definition) is 2. The van der Waals surface area contributed by atoms with Crippen LogP contribution in [0.2, 0.25) is 0 Å². The molecule has 0 bridgehead atoms. The number of H-pyrrole nitrogens is 1. The molecule has 0 fully saturated rings. The Morgan fingerprint density at radius 3 is 2.48 bits per heavy atom. The Kier molecular flexibility index (Phi) is 6.12. The van der Waals surface area contributed by atoms with Gasteiger partial charge in [0, 0.05) is 12.8 Å². The lowest BCUT2D eigenvalue weighted by molar-refractivity contribution is -0.132. The minimum absolute atomic E-state index is 0.0715. The molecule has 33 heavy (non-hydrogen) atoms. The van der Waals surface area contributed by atoms with Crippen LogP contribution < -0.4 is 16.0 Å². The summed E-state index contributed by atoms with van der Waals surface area (Å²) in [6, 6.07) is 15.9. The van der Waals surface area contributed by atoms with Crippen LogP contribution in [0.4, 0.5) is 0 Å². The van der Waals surface area contributed by atoms with E-state index in [1.54, 1.807) is 26.2 Å². The molecule has 1 amide bonds. The number of ether oxygens (including phenoxy) is 1.